The maximum Gasteiger partial charge on any atom is 1.00 e. The van der Waals surface area contributed by atoms with Crippen molar-refractivity contribution in [3.8, 4) is 5.75 Å². The summed E-state index contributed by atoms with van der Waals surface area (Å²) < 4.78 is 166. The standard InChI is InChI=1S/C27H22ClN7O16S5.4Na/c28-25-31-26(29-15-1-5-17(6-2-15)52(37,38)10-9-51-56(48,49)50)33-27(32-25)30-20-13-19(54(42,43)44)11-14-12-21(55(45,46)47)23(24(36)22(14)20)35-34-16-3-7-18(8-4-16)53(39,40)41;;;;/h1-8,11-13,36H,9-10H2,(H,39,40,41)(H,42,43,44)(H,45,46,47)(H,48,49,50)(H2,29,30,31,32,33);;;;/q;4*+1/p-4. The molecule has 1 heterocycles. The van der Waals surface area contributed by atoms with E-state index in [2.05, 4.69) is 40.0 Å². The van der Waals surface area contributed by atoms with Crippen molar-refractivity contribution in [1.29, 1.82) is 0 Å². The molecule has 0 radical (unpaired) electrons. The number of halogens is 1. The van der Waals surface area contributed by atoms with Crippen LogP contribution in [0.1, 0.15) is 0 Å². The molecule has 0 spiro atoms. The summed E-state index contributed by atoms with van der Waals surface area (Å²) >= 11 is 6.05. The van der Waals surface area contributed by atoms with Crippen LogP contribution in [0.2, 0.25) is 5.28 Å². The Morgan fingerprint density at radius 2 is 1.20 bits per heavy atom. The van der Waals surface area contributed by atoms with E-state index in [9.17, 15) is 60.9 Å². The van der Waals surface area contributed by atoms with Gasteiger partial charge in [-0.3, -0.25) is 4.55 Å². The second-order valence-electron chi connectivity index (χ2n) is 10.8. The molecule has 0 fully saturated rings. The van der Waals surface area contributed by atoms with Crippen molar-refractivity contribution < 1.29 is 188 Å². The van der Waals surface area contributed by atoms with Gasteiger partial charge in [0, 0.05) is 11.4 Å². The molecule has 5 rings (SSSR count). The summed E-state index contributed by atoms with van der Waals surface area (Å²) in [5.41, 5.74) is -1.72. The first-order valence-electron chi connectivity index (χ1n) is 14.4. The zero-order chi connectivity index (χ0) is 41.4. The molecular weight excluding hydrogens is 966 g/mol. The minimum Gasteiger partial charge on any atom is -0.870 e. The van der Waals surface area contributed by atoms with Crippen LogP contribution in [0.25, 0.3) is 10.8 Å². The Hall–Kier alpha value is -1.01. The van der Waals surface area contributed by atoms with Crippen LogP contribution in [-0.4, -0.2) is 87.6 Å². The Morgan fingerprint density at radius 1 is 0.667 bits per heavy atom. The van der Waals surface area contributed by atoms with Gasteiger partial charge in [-0.1, -0.05) is 5.75 Å². The number of anilines is 4. The van der Waals surface area contributed by atoms with Crippen LogP contribution in [0.3, 0.4) is 0 Å². The fourth-order valence-electron chi connectivity index (χ4n) is 4.58. The molecule has 0 bridgehead atoms. The molecule has 5 aromatic rings. The second-order valence-corrected chi connectivity index (χ2v) is 18.4. The van der Waals surface area contributed by atoms with Crippen molar-refractivity contribution in [2.75, 3.05) is 23.0 Å². The van der Waals surface area contributed by atoms with E-state index in [0.717, 1.165) is 36.4 Å². The maximum atomic E-state index is 13.8. The van der Waals surface area contributed by atoms with E-state index in [4.69, 9.17) is 16.2 Å². The third-order valence-electron chi connectivity index (χ3n) is 6.96. The number of hydrogen-bond acceptors (Lipinski definition) is 22. The molecule has 33 heteroatoms. The molecule has 23 nitrogen and oxygen atoms in total. The first-order chi connectivity index (χ1) is 25.8. The van der Waals surface area contributed by atoms with E-state index in [0.29, 0.717) is 18.2 Å². The molecular formula is C27H18ClN7Na4O16S5. The molecule has 60 heavy (non-hydrogen) atoms. The van der Waals surface area contributed by atoms with Crippen LogP contribution in [0.4, 0.5) is 34.6 Å². The van der Waals surface area contributed by atoms with Crippen molar-refractivity contribution in [3.63, 3.8) is 0 Å². The molecule has 3 N–H and O–H groups in total. The number of nitrogens with one attached hydrogen (secondary N) is 2. The van der Waals surface area contributed by atoms with E-state index in [1.54, 1.807) is 0 Å². The minimum absolute atomic E-state index is 0. The van der Waals surface area contributed by atoms with Crippen LogP contribution in [-0.2, 0) is 54.8 Å². The van der Waals surface area contributed by atoms with Gasteiger partial charge in [0.2, 0.25) is 17.2 Å². The van der Waals surface area contributed by atoms with Crippen LogP contribution >= 0.6 is 11.6 Å². The van der Waals surface area contributed by atoms with Crippen molar-refractivity contribution in [2.24, 2.45) is 10.2 Å². The predicted octanol–water partition coefficient (Wildman–Crippen LogP) is -10.0. The van der Waals surface area contributed by atoms with Gasteiger partial charge in [0.1, 0.15) is 30.4 Å². The molecule has 0 aliphatic heterocycles. The molecule has 0 aliphatic carbocycles. The van der Waals surface area contributed by atoms with Crippen LogP contribution in [0, 0.1) is 0 Å². The van der Waals surface area contributed by atoms with Gasteiger partial charge < -0.3 is 29.4 Å². The molecule has 0 unspecified atom stereocenters. The Bertz CT molecular complexity index is 2990. The SMILES string of the molecule is O=S(=O)(O)OCCS(=O)(=O)c1ccc(Nc2nc(Cl)nc(Nc3cc(S(=O)(=O)[O-])cc4cc(S(=O)(=O)[O-])c(N=Nc5ccc(S(=O)(=O)[O-])cc5)c([O-])c34)n2)cc1.[Na+].[Na+].[Na+].[Na+]. The Kier molecular flexibility index (Phi) is 21.1. The van der Waals surface area contributed by atoms with Crippen LogP contribution in [0.15, 0.2) is 96.5 Å². The Labute approximate surface area is 434 Å². The summed E-state index contributed by atoms with van der Waals surface area (Å²) in [6.45, 7) is -0.869. The Morgan fingerprint density at radius 3 is 1.72 bits per heavy atom. The summed E-state index contributed by atoms with van der Waals surface area (Å²) in [6.07, 6.45) is 0. The number of azo groups is 1. The molecule has 0 aliphatic rings. The fraction of sp³-hybridized carbons (Fsp3) is 0.0741. The van der Waals surface area contributed by atoms with Crippen LogP contribution in [0.5, 0.6) is 5.75 Å². The number of aromatic nitrogens is 3. The van der Waals surface area contributed by atoms with Crippen molar-refractivity contribution in [1.82, 2.24) is 15.0 Å². The monoisotopic (exact) mass is 983 g/mol. The summed E-state index contributed by atoms with van der Waals surface area (Å²) in [5, 5.41) is 24.5. The summed E-state index contributed by atoms with van der Waals surface area (Å²) in [5.74, 6) is -3.02. The number of sulfone groups is 1. The van der Waals surface area contributed by atoms with Gasteiger partial charge in [-0.15, -0.1) is 5.11 Å². The number of hydrogen-bond donors (Lipinski definition) is 3. The van der Waals surface area contributed by atoms with E-state index in [1.165, 1.54) is 12.1 Å². The van der Waals surface area contributed by atoms with Gasteiger partial charge in [0.15, 0.2) is 9.84 Å². The van der Waals surface area contributed by atoms with E-state index in [1.807, 2.05) is 0 Å². The largest absolute Gasteiger partial charge is 1.00 e. The van der Waals surface area contributed by atoms with Gasteiger partial charge in [-0.05, 0) is 89.1 Å². The average Bonchev–Trinajstić information content (AvgIpc) is 3.06. The first-order valence-corrected chi connectivity index (χ1v) is 22.0. The fourth-order valence-corrected chi connectivity index (χ4v) is 7.88. The van der Waals surface area contributed by atoms with E-state index in [-0.39, 0.29) is 140 Å². The third-order valence-corrected chi connectivity index (χ3v) is 11.8. The number of rotatable bonds is 14. The normalized spacial score (nSPS) is 12.1. The zero-order valence-corrected chi connectivity index (χ0v) is 43.8. The summed E-state index contributed by atoms with van der Waals surface area (Å²) in [7, 11) is -24.7. The summed E-state index contributed by atoms with van der Waals surface area (Å²) in [6, 6.07) is 10.1. The maximum absolute atomic E-state index is 13.8. The third kappa shape index (κ3) is 15.3. The second kappa shape index (κ2) is 22.3. The van der Waals surface area contributed by atoms with Gasteiger partial charge in [-0.2, -0.15) is 28.5 Å². The van der Waals surface area contributed by atoms with Crippen LogP contribution < -0.4 is 134 Å². The quantitative estimate of drug-likeness (QED) is 0.0528. The molecule has 0 saturated heterocycles. The topological polar surface area (TPSA) is 380 Å². The summed E-state index contributed by atoms with van der Waals surface area (Å²) in [4.78, 5) is 8.50. The van der Waals surface area contributed by atoms with Gasteiger partial charge in [0.25, 0.3) is 0 Å². The first kappa shape index (κ1) is 57.0. The molecule has 0 amide bonds. The molecule has 0 saturated carbocycles. The van der Waals surface area contributed by atoms with E-state index < -0.39 is 117 Å². The zero-order valence-electron chi connectivity index (χ0n) is 31.0. The van der Waals surface area contributed by atoms with Gasteiger partial charge in [-0.25, -0.2) is 37.9 Å². The van der Waals surface area contributed by atoms with Crippen molar-refractivity contribution in [2.45, 2.75) is 19.6 Å². The molecule has 298 valence electrons. The minimum atomic E-state index is -5.56. The number of fused-ring (bicyclic) bond motifs is 1. The average molecular weight is 984 g/mol. The molecule has 0 atom stereocenters. The van der Waals surface area contributed by atoms with Gasteiger partial charge in [0.05, 0.1) is 43.3 Å². The Balaban J connectivity index is 0.00000450. The molecule has 1 aromatic heterocycles. The van der Waals surface area contributed by atoms with Crippen molar-refractivity contribution in [3.05, 3.63) is 72.0 Å². The molecule has 4 aromatic carbocycles. The smallest absolute Gasteiger partial charge is 0.870 e. The number of benzene rings is 4. The van der Waals surface area contributed by atoms with E-state index >= 15 is 0 Å². The van der Waals surface area contributed by atoms with Crippen molar-refractivity contribution >= 4 is 108 Å². The number of nitrogens with zero attached hydrogens (tertiary/aromatic N) is 5. The van der Waals surface area contributed by atoms with Gasteiger partial charge >= 0.3 is 129 Å². The predicted molar refractivity (Wildman–Crippen MR) is 185 cm³/mol.